The highest BCUT2D eigenvalue weighted by Gasteiger charge is 2.02. The monoisotopic (exact) mass is 378 g/mol. The zero-order valence-corrected chi connectivity index (χ0v) is 14.3. The van der Waals surface area contributed by atoms with Gasteiger partial charge in [0.2, 0.25) is 5.91 Å². The number of hydrogen-bond donors (Lipinski definition) is 1. The van der Waals surface area contributed by atoms with Gasteiger partial charge in [0.05, 0.1) is 6.61 Å². The first-order valence-corrected chi connectivity index (χ1v) is 8.21. The Hall–Kier alpha value is -1.92. The van der Waals surface area contributed by atoms with Crippen molar-refractivity contribution >= 4 is 21.8 Å². The van der Waals surface area contributed by atoms with Crippen LogP contribution in [0.5, 0.6) is 5.75 Å². The third kappa shape index (κ3) is 7.25. The molecule has 0 saturated heterocycles. The molecular weight excluding hydrogens is 360 g/mol. The van der Waals surface area contributed by atoms with E-state index in [2.05, 4.69) is 26.4 Å². The molecule has 0 bridgehead atoms. The van der Waals surface area contributed by atoms with Gasteiger partial charge in [-0.1, -0.05) is 22.0 Å². The Labute approximate surface area is 144 Å². The number of nitrogens with one attached hydrogen (secondary N) is 1. The molecule has 0 aliphatic carbocycles. The topological polar surface area (TPSA) is 60.5 Å². The number of hydroxylamine groups is 1. The largest absolute Gasteiger partial charge is 0.494 e. The van der Waals surface area contributed by atoms with Gasteiger partial charge in [0.25, 0.3) is 0 Å². The Morgan fingerprint density at radius 2 is 2.00 bits per heavy atom. The fourth-order valence-electron chi connectivity index (χ4n) is 1.84. The number of carbonyl (C=O) groups excluding carboxylic acids is 1. The normalized spacial score (nSPS) is 10.3. The molecule has 6 heteroatoms. The van der Waals surface area contributed by atoms with Crippen molar-refractivity contribution in [2.24, 2.45) is 0 Å². The first-order valence-electron chi connectivity index (χ1n) is 7.42. The number of aromatic nitrogens is 1. The molecule has 0 saturated carbocycles. The zero-order valence-electron chi connectivity index (χ0n) is 12.7. The van der Waals surface area contributed by atoms with Crippen LogP contribution in [0.4, 0.5) is 0 Å². The van der Waals surface area contributed by atoms with Gasteiger partial charge in [-0.25, -0.2) is 5.48 Å². The third-order valence-corrected chi connectivity index (χ3v) is 3.56. The smallest absolute Gasteiger partial charge is 0.243 e. The lowest BCUT2D eigenvalue weighted by Gasteiger charge is -2.07. The average molecular weight is 379 g/mol. The number of nitrogens with zero attached hydrogens (tertiary/aromatic N) is 1. The minimum Gasteiger partial charge on any atom is -0.494 e. The van der Waals surface area contributed by atoms with Crippen molar-refractivity contribution in [1.82, 2.24) is 10.5 Å². The Morgan fingerprint density at radius 1 is 1.17 bits per heavy atom. The molecule has 2 aromatic rings. The lowest BCUT2D eigenvalue weighted by molar-refractivity contribution is -0.134. The van der Waals surface area contributed by atoms with E-state index in [4.69, 9.17) is 9.57 Å². The van der Waals surface area contributed by atoms with Crippen LogP contribution in [0.2, 0.25) is 0 Å². The van der Waals surface area contributed by atoms with Gasteiger partial charge < -0.3 is 4.74 Å². The number of carbonyl (C=O) groups is 1. The summed E-state index contributed by atoms with van der Waals surface area (Å²) in [7, 11) is 0. The van der Waals surface area contributed by atoms with E-state index in [1.54, 1.807) is 12.4 Å². The minimum absolute atomic E-state index is 0.127. The van der Waals surface area contributed by atoms with Crippen LogP contribution in [0.25, 0.3) is 0 Å². The summed E-state index contributed by atoms with van der Waals surface area (Å²) in [6.07, 6.45) is 5.37. The summed E-state index contributed by atoms with van der Waals surface area (Å²) in [6, 6.07) is 11.4. The van der Waals surface area contributed by atoms with Crippen LogP contribution < -0.4 is 10.2 Å². The molecule has 0 aliphatic rings. The number of pyridine rings is 1. The molecule has 2 rings (SSSR count). The number of halogens is 1. The second kappa shape index (κ2) is 9.97. The van der Waals surface area contributed by atoms with Gasteiger partial charge in [-0.2, -0.15) is 0 Å². The molecule has 23 heavy (non-hydrogen) atoms. The average Bonchev–Trinajstić information content (AvgIpc) is 2.57. The number of hydrogen-bond acceptors (Lipinski definition) is 4. The highest BCUT2D eigenvalue weighted by atomic mass is 79.9. The molecule has 1 heterocycles. The van der Waals surface area contributed by atoms with Crippen molar-refractivity contribution in [1.29, 1.82) is 0 Å². The molecule has 1 aromatic heterocycles. The number of benzene rings is 1. The summed E-state index contributed by atoms with van der Waals surface area (Å²) in [4.78, 5) is 20.7. The summed E-state index contributed by atoms with van der Waals surface area (Å²) in [6.45, 7) is 0.901. The second-order valence-electron chi connectivity index (χ2n) is 4.93. The predicted molar refractivity (Wildman–Crippen MR) is 90.7 cm³/mol. The Bertz CT molecular complexity index is 591. The maximum absolute atomic E-state index is 11.6. The van der Waals surface area contributed by atoms with Gasteiger partial charge in [0.1, 0.15) is 12.4 Å². The molecule has 0 radical (unpaired) electrons. The predicted octanol–water partition coefficient (Wildman–Crippen LogP) is 3.64. The van der Waals surface area contributed by atoms with Gasteiger partial charge in [0.15, 0.2) is 0 Å². The van der Waals surface area contributed by atoms with Crippen molar-refractivity contribution in [3.63, 3.8) is 0 Å². The first kappa shape index (κ1) is 17.4. The number of amides is 1. The molecule has 0 aliphatic heterocycles. The quantitative estimate of drug-likeness (QED) is 0.534. The Balaban J connectivity index is 1.50. The highest BCUT2D eigenvalue weighted by molar-refractivity contribution is 9.10. The minimum atomic E-state index is -0.127. The van der Waals surface area contributed by atoms with E-state index < -0.39 is 0 Å². The number of unbranched alkanes of at least 4 members (excludes halogenated alkanes) is 1. The molecule has 0 atom stereocenters. The lowest BCUT2D eigenvalue weighted by atomic mass is 10.2. The molecule has 0 unspecified atom stereocenters. The van der Waals surface area contributed by atoms with E-state index in [1.165, 1.54) is 0 Å². The summed E-state index contributed by atoms with van der Waals surface area (Å²) in [5, 5.41) is 0. The molecule has 1 amide bonds. The molecule has 5 nitrogen and oxygen atoms in total. The van der Waals surface area contributed by atoms with Crippen LogP contribution in [0.3, 0.4) is 0 Å². The van der Waals surface area contributed by atoms with Gasteiger partial charge in [-0.3, -0.25) is 14.6 Å². The molecule has 0 fully saturated rings. The van der Waals surface area contributed by atoms with Gasteiger partial charge >= 0.3 is 0 Å². The van der Waals surface area contributed by atoms with Crippen molar-refractivity contribution in [3.8, 4) is 5.75 Å². The Kier molecular flexibility index (Phi) is 7.56. The van der Waals surface area contributed by atoms with Crippen LogP contribution in [0.15, 0.2) is 53.3 Å². The van der Waals surface area contributed by atoms with Gasteiger partial charge in [-0.05, 0) is 48.7 Å². The number of rotatable bonds is 9. The summed E-state index contributed by atoms with van der Waals surface area (Å²) >= 11 is 3.37. The van der Waals surface area contributed by atoms with Crippen molar-refractivity contribution in [2.75, 3.05) is 6.61 Å². The Morgan fingerprint density at radius 3 is 2.74 bits per heavy atom. The van der Waals surface area contributed by atoms with E-state index in [-0.39, 0.29) is 5.91 Å². The SMILES string of the molecule is O=C(CCCCOc1ccc(Br)cc1)NOCc1cccnc1. The molecule has 122 valence electrons. The van der Waals surface area contributed by atoms with Gasteiger partial charge in [0, 0.05) is 23.3 Å². The lowest BCUT2D eigenvalue weighted by Crippen LogP contribution is -2.23. The third-order valence-electron chi connectivity index (χ3n) is 3.03. The highest BCUT2D eigenvalue weighted by Crippen LogP contribution is 2.16. The van der Waals surface area contributed by atoms with E-state index in [0.717, 1.165) is 28.6 Å². The molecule has 1 N–H and O–H groups in total. The molecule has 1 aromatic carbocycles. The van der Waals surface area contributed by atoms with Crippen LogP contribution in [-0.2, 0) is 16.2 Å². The maximum Gasteiger partial charge on any atom is 0.243 e. The maximum atomic E-state index is 11.6. The van der Waals surface area contributed by atoms with Crippen LogP contribution in [0.1, 0.15) is 24.8 Å². The van der Waals surface area contributed by atoms with Crippen LogP contribution in [0, 0.1) is 0 Å². The molecular formula is C17H19BrN2O3. The second-order valence-corrected chi connectivity index (χ2v) is 5.85. The number of ether oxygens (including phenoxy) is 1. The van der Waals surface area contributed by atoms with Crippen molar-refractivity contribution in [2.45, 2.75) is 25.9 Å². The van der Waals surface area contributed by atoms with Crippen molar-refractivity contribution < 1.29 is 14.4 Å². The van der Waals surface area contributed by atoms with E-state index in [0.29, 0.717) is 19.6 Å². The molecule has 0 spiro atoms. The van der Waals surface area contributed by atoms with E-state index >= 15 is 0 Å². The first-order chi connectivity index (χ1) is 11.2. The fourth-order valence-corrected chi connectivity index (χ4v) is 2.11. The summed E-state index contributed by atoms with van der Waals surface area (Å²) in [5.74, 6) is 0.704. The van der Waals surface area contributed by atoms with E-state index in [9.17, 15) is 4.79 Å². The summed E-state index contributed by atoms with van der Waals surface area (Å²) in [5.41, 5.74) is 3.35. The van der Waals surface area contributed by atoms with Crippen LogP contribution in [-0.4, -0.2) is 17.5 Å². The van der Waals surface area contributed by atoms with Crippen LogP contribution >= 0.6 is 15.9 Å². The van der Waals surface area contributed by atoms with Crippen molar-refractivity contribution in [3.05, 3.63) is 58.8 Å². The van der Waals surface area contributed by atoms with E-state index in [1.807, 2.05) is 36.4 Å². The van der Waals surface area contributed by atoms with Gasteiger partial charge in [-0.15, -0.1) is 0 Å². The summed E-state index contributed by atoms with van der Waals surface area (Å²) < 4.78 is 6.61. The zero-order chi connectivity index (χ0) is 16.3. The fraction of sp³-hybridized carbons (Fsp3) is 0.294. The standard InChI is InChI=1S/C17H19BrN2O3/c18-15-6-8-16(9-7-15)22-11-2-1-5-17(21)20-23-13-14-4-3-10-19-12-14/h3-4,6-10,12H,1-2,5,11,13H2,(H,20,21).